The molecule has 19 heavy (non-hydrogen) atoms. The standard InChI is InChI=1S/C13H17N3O2S/c1-8(14)5-6-15-12(17)10-7-19-13(16-10)11-4-3-9(2)18-11/h3-4,7-8H,5-6,14H2,1-2H3,(H,15,17). The van der Waals surface area contributed by atoms with Crippen LogP contribution in [0, 0.1) is 6.92 Å². The van der Waals surface area contributed by atoms with Crippen molar-refractivity contribution >= 4 is 17.2 Å². The van der Waals surface area contributed by atoms with Gasteiger partial charge >= 0.3 is 0 Å². The first kappa shape index (κ1) is 13.8. The second kappa shape index (κ2) is 5.99. The van der Waals surface area contributed by atoms with Crippen LogP contribution in [0.15, 0.2) is 21.9 Å². The fourth-order valence-corrected chi connectivity index (χ4v) is 2.30. The van der Waals surface area contributed by atoms with E-state index in [0.29, 0.717) is 23.0 Å². The molecule has 2 aromatic rings. The SMILES string of the molecule is Cc1ccc(-c2nc(C(=O)NCCC(C)N)cs2)o1. The molecule has 2 heterocycles. The Morgan fingerprint density at radius 3 is 3.00 bits per heavy atom. The molecule has 5 nitrogen and oxygen atoms in total. The van der Waals surface area contributed by atoms with Gasteiger partial charge in [0.25, 0.3) is 5.91 Å². The molecule has 0 bridgehead atoms. The third-order valence-corrected chi connectivity index (χ3v) is 3.43. The van der Waals surface area contributed by atoms with Crippen molar-refractivity contribution in [2.75, 3.05) is 6.54 Å². The average Bonchev–Trinajstić information content (AvgIpc) is 2.96. The molecule has 2 aromatic heterocycles. The smallest absolute Gasteiger partial charge is 0.270 e. The summed E-state index contributed by atoms with van der Waals surface area (Å²) in [5.41, 5.74) is 6.04. The number of rotatable bonds is 5. The topological polar surface area (TPSA) is 81.2 Å². The first-order valence-corrected chi connectivity index (χ1v) is 7.00. The monoisotopic (exact) mass is 279 g/mol. The zero-order valence-corrected chi connectivity index (χ0v) is 11.8. The molecule has 0 aliphatic rings. The molecule has 0 aromatic carbocycles. The maximum atomic E-state index is 11.8. The molecule has 0 fully saturated rings. The number of carbonyl (C=O) groups excluding carboxylic acids is 1. The quantitative estimate of drug-likeness (QED) is 0.879. The number of nitrogens with two attached hydrogens (primary N) is 1. The molecule has 6 heteroatoms. The van der Waals surface area contributed by atoms with E-state index < -0.39 is 0 Å². The van der Waals surface area contributed by atoms with Crippen molar-refractivity contribution in [3.05, 3.63) is 29.0 Å². The van der Waals surface area contributed by atoms with Gasteiger partial charge in [0.15, 0.2) is 10.8 Å². The van der Waals surface area contributed by atoms with E-state index in [1.807, 2.05) is 26.0 Å². The van der Waals surface area contributed by atoms with Gasteiger partial charge in [-0.2, -0.15) is 0 Å². The Kier molecular flexibility index (Phi) is 4.34. The summed E-state index contributed by atoms with van der Waals surface area (Å²) in [6, 6.07) is 3.81. The van der Waals surface area contributed by atoms with Gasteiger partial charge in [0, 0.05) is 18.0 Å². The summed E-state index contributed by atoms with van der Waals surface area (Å²) in [6.07, 6.45) is 0.750. The van der Waals surface area contributed by atoms with Gasteiger partial charge in [-0.15, -0.1) is 11.3 Å². The summed E-state index contributed by atoms with van der Waals surface area (Å²) in [6.45, 7) is 4.34. The largest absolute Gasteiger partial charge is 0.459 e. The summed E-state index contributed by atoms with van der Waals surface area (Å²) in [5.74, 6) is 1.34. The Labute approximate surface area is 115 Å². The average molecular weight is 279 g/mol. The minimum atomic E-state index is -0.175. The van der Waals surface area contributed by atoms with Crippen molar-refractivity contribution in [1.29, 1.82) is 0 Å². The molecule has 2 rings (SSSR count). The Morgan fingerprint density at radius 2 is 2.37 bits per heavy atom. The highest BCUT2D eigenvalue weighted by Crippen LogP contribution is 2.25. The Hall–Kier alpha value is -1.66. The van der Waals surface area contributed by atoms with Crippen LogP contribution < -0.4 is 11.1 Å². The molecule has 0 aliphatic heterocycles. The van der Waals surface area contributed by atoms with Crippen molar-refractivity contribution in [3.8, 4) is 10.8 Å². The van der Waals surface area contributed by atoms with Crippen LogP contribution in [-0.4, -0.2) is 23.5 Å². The fraction of sp³-hybridized carbons (Fsp3) is 0.385. The van der Waals surface area contributed by atoms with E-state index in [4.69, 9.17) is 10.2 Å². The molecule has 0 spiro atoms. The van der Waals surface area contributed by atoms with Gasteiger partial charge in [0.2, 0.25) is 0 Å². The number of nitrogens with zero attached hydrogens (tertiary/aromatic N) is 1. The van der Waals surface area contributed by atoms with Crippen LogP contribution in [0.5, 0.6) is 0 Å². The lowest BCUT2D eigenvalue weighted by Gasteiger charge is -2.05. The lowest BCUT2D eigenvalue weighted by atomic mass is 10.2. The van der Waals surface area contributed by atoms with Crippen LogP contribution in [0.3, 0.4) is 0 Å². The summed E-state index contributed by atoms with van der Waals surface area (Å²) in [5, 5.41) is 5.24. The minimum Gasteiger partial charge on any atom is -0.459 e. The van der Waals surface area contributed by atoms with E-state index in [0.717, 1.165) is 12.2 Å². The summed E-state index contributed by atoms with van der Waals surface area (Å²) in [4.78, 5) is 16.1. The van der Waals surface area contributed by atoms with E-state index in [1.165, 1.54) is 11.3 Å². The predicted octanol–water partition coefficient (Wildman–Crippen LogP) is 2.18. The molecule has 102 valence electrons. The lowest BCUT2D eigenvalue weighted by Crippen LogP contribution is -2.29. The normalized spacial score (nSPS) is 12.4. The first-order chi connectivity index (χ1) is 9.06. The molecule has 1 amide bonds. The molecule has 0 radical (unpaired) electrons. The summed E-state index contributed by atoms with van der Waals surface area (Å²) in [7, 11) is 0. The van der Waals surface area contributed by atoms with Gasteiger partial charge in [0.05, 0.1) is 0 Å². The Balaban J connectivity index is 1.98. The molecule has 0 aliphatic carbocycles. The van der Waals surface area contributed by atoms with E-state index in [-0.39, 0.29) is 11.9 Å². The van der Waals surface area contributed by atoms with E-state index >= 15 is 0 Å². The van der Waals surface area contributed by atoms with E-state index in [9.17, 15) is 4.79 Å². The van der Waals surface area contributed by atoms with Crippen molar-refractivity contribution in [2.24, 2.45) is 5.73 Å². The Bertz CT molecular complexity index is 560. The number of amides is 1. The highest BCUT2D eigenvalue weighted by Gasteiger charge is 2.13. The minimum absolute atomic E-state index is 0.0809. The number of aryl methyl sites for hydroxylation is 1. The first-order valence-electron chi connectivity index (χ1n) is 6.12. The van der Waals surface area contributed by atoms with Crippen LogP contribution >= 0.6 is 11.3 Å². The molecule has 1 unspecified atom stereocenters. The van der Waals surface area contributed by atoms with Crippen molar-refractivity contribution < 1.29 is 9.21 Å². The van der Waals surface area contributed by atoms with Gasteiger partial charge in [-0.05, 0) is 32.4 Å². The summed E-state index contributed by atoms with van der Waals surface area (Å²) >= 11 is 1.39. The van der Waals surface area contributed by atoms with Crippen LogP contribution in [0.1, 0.15) is 29.6 Å². The number of nitrogens with one attached hydrogen (secondary N) is 1. The third-order valence-electron chi connectivity index (χ3n) is 2.57. The molecular formula is C13H17N3O2S. The maximum absolute atomic E-state index is 11.8. The molecule has 3 N–H and O–H groups in total. The zero-order chi connectivity index (χ0) is 13.8. The van der Waals surface area contributed by atoms with Crippen LogP contribution in [0.25, 0.3) is 10.8 Å². The number of hydrogen-bond donors (Lipinski definition) is 2. The number of thiazole rings is 1. The van der Waals surface area contributed by atoms with Crippen molar-refractivity contribution in [1.82, 2.24) is 10.3 Å². The second-order valence-electron chi connectivity index (χ2n) is 4.47. The number of carbonyl (C=O) groups is 1. The van der Waals surface area contributed by atoms with Crippen molar-refractivity contribution in [3.63, 3.8) is 0 Å². The highest BCUT2D eigenvalue weighted by molar-refractivity contribution is 7.13. The number of furan rings is 1. The van der Waals surface area contributed by atoms with Gasteiger partial charge < -0.3 is 15.5 Å². The van der Waals surface area contributed by atoms with Crippen LogP contribution in [0.4, 0.5) is 0 Å². The van der Waals surface area contributed by atoms with Crippen molar-refractivity contribution in [2.45, 2.75) is 26.3 Å². The van der Waals surface area contributed by atoms with Gasteiger partial charge in [-0.1, -0.05) is 0 Å². The molecule has 0 saturated heterocycles. The van der Waals surface area contributed by atoms with Gasteiger partial charge in [0.1, 0.15) is 11.5 Å². The zero-order valence-electron chi connectivity index (χ0n) is 11.0. The number of hydrogen-bond acceptors (Lipinski definition) is 5. The van der Waals surface area contributed by atoms with Crippen LogP contribution in [0.2, 0.25) is 0 Å². The summed E-state index contributed by atoms with van der Waals surface area (Å²) < 4.78 is 5.47. The third kappa shape index (κ3) is 3.65. The fourth-order valence-electron chi connectivity index (χ4n) is 1.54. The Morgan fingerprint density at radius 1 is 1.58 bits per heavy atom. The predicted molar refractivity (Wildman–Crippen MR) is 75.2 cm³/mol. The highest BCUT2D eigenvalue weighted by atomic mass is 32.1. The second-order valence-corrected chi connectivity index (χ2v) is 5.33. The lowest BCUT2D eigenvalue weighted by molar-refractivity contribution is 0.0948. The van der Waals surface area contributed by atoms with E-state index in [1.54, 1.807) is 5.38 Å². The number of aromatic nitrogens is 1. The molecule has 0 saturated carbocycles. The maximum Gasteiger partial charge on any atom is 0.270 e. The van der Waals surface area contributed by atoms with E-state index in [2.05, 4.69) is 10.3 Å². The molecule has 1 atom stereocenters. The van der Waals surface area contributed by atoms with Gasteiger partial charge in [-0.3, -0.25) is 4.79 Å². The van der Waals surface area contributed by atoms with Gasteiger partial charge in [-0.25, -0.2) is 4.98 Å². The molecular weight excluding hydrogens is 262 g/mol. The van der Waals surface area contributed by atoms with Crippen LogP contribution in [-0.2, 0) is 0 Å².